The molecule has 1 aliphatic heterocycles. The highest BCUT2D eigenvalue weighted by Gasteiger charge is 2.63. The SMILES string of the molecule is CC(C)C[C@H](C(=O)OCC(=O)Nc1ccc(Oc2ccccc2)cc1)N1C(=O)[C@H]2C3c4ccccc4C(c4ccccc43)[C@@H]2C1=O. The highest BCUT2D eigenvalue weighted by molar-refractivity contribution is 6.10. The fraction of sp³-hybridized carbons (Fsp3) is 0.263. The standard InChI is InChI=1S/C38H34N2O6/c1-22(2)20-30(38(44)45-21-31(41)39-23-16-18-25(19-17-23)46-24-10-4-3-5-11-24)40-36(42)34-32-26-12-6-7-13-27(26)33(35(34)37(40)43)29-15-9-8-14-28(29)32/h3-19,22,30,32-35H,20-21H2,1-2H3,(H,39,41)/t30-,32?,33?,34+,35+/m1/s1. The highest BCUT2D eigenvalue weighted by atomic mass is 16.5. The average Bonchev–Trinajstić information content (AvgIpc) is 3.33. The number of anilines is 1. The normalized spacial score (nSPS) is 21.3. The molecule has 0 unspecified atom stereocenters. The fourth-order valence-corrected chi connectivity index (χ4v) is 7.42. The van der Waals surface area contributed by atoms with E-state index in [2.05, 4.69) is 5.32 Å². The monoisotopic (exact) mass is 614 g/mol. The zero-order chi connectivity index (χ0) is 31.9. The Morgan fingerprint density at radius 2 is 1.17 bits per heavy atom. The van der Waals surface area contributed by atoms with Gasteiger partial charge in [-0.25, -0.2) is 4.79 Å². The number of amides is 3. The third-order valence-corrected chi connectivity index (χ3v) is 9.22. The van der Waals surface area contributed by atoms with Crippen LogP contribution in [-0.2, 0) is 23.9 Å². The number of nitrogens with zero attached hydrogens (tertiary/aromatic N) is 1. The lowest BCUT2D eigenvalue weighted by atomic mass is 9.55. The number of benzene rings is 4. The third-order valence-electron chi connectivity index (χ3n) is 9.22. The minimum absolute atomic E-state index is 0.0164. The number of rotatable bonds is 9. The van der Waals surface area contributed by atoms with Crippen LogP contribution in [0.4, 0.5) is 5.69 Å². The number of ether oxygens (including phenoxy) is 2. The minimum Gasteiger partial charge on any atom is -0.457 e. The quantitative estimate of drug-likeness (QED) is 0.176. The van der Waals surface area contributed by atoms with Gasteiger partial charge in [-0.05, 0) is 71.0 Å². The van der Waals surface area contributed by atoms with E-state index in [0.717, 1.165) is 27.2 Å². The molecule has 232 valence electrons. The van der Waals surface area contributed by atoms with Crippen LogP contribution < -0.4 is 10.1 Å². The zero-order valence-electron chi connectivity index (χ0n) is 25.6. The Morgan fingerprint density at radius 3 is 1.67 bits per heavy atom. The lowest BCUT2D eigenvalue weighted by Crippen LogP contribution is -2.47. The number of nitrogens with one attached hydrogen (secondary N) is 1. The highest BCUT2D eigenvalue weighted by Crippen LogP contribution is 2.61. The molecular formula is C38H34N2O6. The summed E-state index contributed by atoms with van der Waals surface area (Å²) in [5, 5.41) is 2.72. The van der Waals surface area contributed by atoms with E-state index in [9.17, 15) is 19.2 Å². The molecule has 8 nitrogen and oxygen atoms in total. The van der Waals surface area contributed by atoms with Gasteiger partial charge in [-0.15, -0.1) is 0 Å². The van der Waals surface area contributed by atoms with E-state index in [0.29, 0.717) is 17.2 Å². The van der Waals surface area contributed by atoms with Gasteiger partial charge < -0.3 is 14.8 Å². The molecular weight excluding hydrogens is 580 g/mol. The fourth-order valence-electron chi connectivity index (χ4n) is 7.42. The van der Waals surface area contributed by atoms with E-state index in [1.54, 1.807) is 24.3 Å². The molecule has 8 heteroatoms. The van der Waals surface area contributed by atoms with Crippen molar-refractivity contribution in [2.45, 2.75) is 38.1 Å². The molecule has 2 bridgehead atoms. The first-order valence-electron chi connectivity index (χ1n) is 15.7. The van der Waals surface area contributed by atoms with Crippen LogP contribution in [0.3, 0.4) is 0 Å². The molecule has 1 heterocycles. The number of esters is 1. The average molecular weight is 615 g/mol. The Kier molecular flexibility index (Phi) is 7.64. The van der Waals surface area contributed by atoms with Crippen LogP contribution in [-0.4, -0.2) is 41.2 Å². The van der Waals surface area contributed by atoms with E-state index in [1.165, 1.54) is 0 Å². The number of imide groups is 1. The number of para-hydroxylation sites is 1. The topological polar surface area (TPSA) is 102 Å². The van der Waals surface area contributed by atoms with E-state index in [-0.39, 0.29) is 36.0 Å². The second kappa shape index (κ2) is 11.9. The molecule has 3 amide bonds. The molecule has 1 fully saturated rings. The van der Waals surface area contributed by atoms with Crippen LogP contribution in [0.5, 0.6) is 11.5 Å². The second-order valence-electron chi connectivity index (χ2n) is 12.6. The first kappa shape index (κ1) is 29.5. The summed E-state index contributed by atoms with van der Waals surface area (Å²) >= 11 is 0. The summed E-state index contributed by atoms with van der Waals surface area (Å²) in [6, 6.07) is 31.1. The first-order valence-corrected chi connectivity index (χ1v) is 15.7. The van der Waals surface area contributed by atoms with Crippen molar-refractivity contribution in [3.63, 3.8) is 0 Å². The summed E-state index contributed by atoms with van der Waals surface area (Å²) in [7, 11) is 0. The number of likely N-dealkylation sites (tertiary alicyclic amines) is 1. The first-order chi connectivity index (χ1) is 22.3. The smallest absolute Gasteiger partial charge is 0.329 e. The van der Waals surface area contributed by atoms with Gasteiger partial charge in [0.1, 0.15) is 17.5 Å². The lowest BCUT2D eigenvalue weighted by Gasteiger charge is -2.45. The minimum atomic E-state index is -1.13. The van der Waals surface area contributed by atoms with E-state index in [1.807, 2.05) is 92.7 Å². The summed E-state index contributed by atoms with van der Waals surface area (Å²) in [6.07, 6.45) is 0.232. The molecule has 4 aromatic carbocycles. The van der Waals surface area contributed by atoms with Crippen LogP contribution in [0, 0.1) is 17.8 Å². The number of carbonyl (C=O) groups is 4. The van der Waals surface area contributed by atoms with Gasteiger partial charge in [0.2, 0.25) is 11.8 Å². The van der Waals surface area contributed by atoms with Gasteiger partial charge >= 0.3 is 5.97 Å². The number of carbonyl (C=O) groups excluding carboxylic acids is 4. The predicted molar refractivity (Wildman–Crippen MR) is 171 cm³/mol. The van der Waals surface area contributed by atoms with Crippen molar-refractivity contribution in [1.82, 2.24) is 4.90 Å². The molecule has 0 spiro atoms. The summed E-state index contributed by atoms with van der Waals surface area (Å²) < 4.78 is 11.3. The molecule has 4 aliphatic rings. The van der Waals surface area contributed by atoms with Crippen LogP contribution in [0.25, 0.3) is 0 Å². The van der Waals surface area contributed by atoms with Crippen molar-refractivity contribution >= 4 is 29.4 Å². The van der Waals surface area contributed by atoms with Crippen molar-refractivity contribution in [2.24, 2.45) is 17.8 Å². The molecule has 46 heavy (non-hydrogen) atoms. The maximum absolute atomic E-state index is 14.2. The Balaban J connectivity index is 1.06. The van der Waals surface area contributed by atoms with Crippen molar-refractivity contribution in [2.75, 3.05) is 11.9 Å². The predicted octanol–water partition coefficient (Wildman–Crippen LogP) is 6.27. The second-order valence-corrected chi connectivity index (χ2v) is 12.6. The Bertz CT molecular complexity index is 1700. The van der Waals surface area contributed by atoms with E-state index < -0.39 is 36.4 Å². The van der Waals surface area contributed by atoms with Gasteiger partial charge in [0.15, 0.2) is 6.61 Å². The largest absolute Gasteiger partial charge is 0.457 e. The number of hydrogen-bond donors (Lipinski definition) is 1. The molecule has 1 N–H and O–H groups in total. The van der Waals surface area contributed by atoms with Crippen LogP contribution in [0.2, 0.25) is 0 Å². The van der Waals surface area contributed by atoms with E-state index in [4.69, 9.17) is 9.47 Å². The molecule has 0 aromatic heterocycles. The van der Waals surface area contributed by atoms with Crippen molar-refractivity contribution in [3.8, 4) is 11.5 Å². The van der Waals surface area contributed by atoms with E-state index >= 15 is 0 Å². The molecule has 3 aliphatic carbocycles. The van der Waals surface area contributed by atoms with Gasteiger partial charge in [0, 0.05) is 17.5 Å². The summed E-state index contributed by atoms with van der Waals surface area (Å²) in [5.41, 5.74) is 4.76. The Morgan fingerprint density at radius 1 is 0.696 bits per heavy atom. The summed E-state index contributed by atoms with van der Waals surface area (Å²) in [6.45, 7) is 3.29. The maximum atomic E-state index is 14.2. The maximum Gasteiger partial charge on any atom is 0.329 e. The Hall–Kier alpha value is -5.24. The van der Waals surface area contributed by atoms with Crippen molar-refractivity contribution in [1.29, 1.82) is 0 Å². The molecule has 0 saturated carbocycles. The summed E-state index contributed by atoms with van der Waals surface area (Å²) in [4.78, 5) is 55.9. The van der Waals surface area contributed by atoms with Crippen molar-refractivity contribution < 1.29 is 28.7 Å². The number of hydrogen-bond acceptors (Lipinski definition) is 6. The molecule has 1 saturated heterocycles. The molecule has 3 atom stereocenters. The van der Waals surface area contributed by atoms with Crippen LogP contribution >= 0.6 is 0 Å². The Labute approximate surface area is 267 Å². The van der Waals surface area contributed by atoms with Gasteiger partial charge in [-0.2, -0.15) is 0 Å². The van der Waals surface area contributed by atoms with Crippen molar-refractivity contribution in [3.05, 3.63) is 125 Å². The summed E-state index contributed by atoms with van der Waals surface area (Å²) in [5.74, 6) is -2.45. The van der Waals surface area contributed by atoms with Gasteiger partial charge in [0.05, 0.1) is 11.8 Å². The molecule has 4 aromatic rings. The van der Waals surface area contributed by atoms with Gasteiger partial charge in [0.25, 0.3) is 5.91 Å². The lowest BCUT2D eigenvalue weighted by molar-refractivity contribution is -0.160. The van der Waals surface area contributed by atoms with Gasteiger partial charge in [-0.1, -0.05) is 80.6 Å². The van der Waals surface area contributed by atoms with Crippen LogP contribution in [0.15, 0.2) is 103 Å². The van der Waals surface area contributed by atoms with Crippen LogP contribution in [0.1, 0.15) is 54.4 Å². The molecule has 8 rings (SSSR count). The van der Waals surface area contributed by atoms with Gasteiger partial charge in [-0.3, -0.25) is 19.3 Å². The zero-order valence-corrected chi connectivity index (χ0v) is 25.6. The third kappa shape index (κ3) is 5.13. The molecule has 0 radical (unpaired) electrons.